The zero-order valence-corrected chi connectivity index (χ0v) is 10.6. The van der Waals surface area contributed by atoms with Crippen LogP contribution in [0.5, 0.6) is 0 Å². The van der Waals surface area contributed by atoms with Gasteiger partial charge in [0.2, 0.25) is 0 Å². The van der Waals surface area contributed by atoms with E-state index >= 15 is 0 Å². The SMILES string of the molecule is c1cc(-n2cccn2)nc(-n2ncc3ccccc32)c1. The first-order valence-electron chi connectivity index (χ1n) is 6.32. The minimum Gasteiger partial charge on any atom is -0.223 e. The number of rotatable bonds is 2. The lowest BCUT2D eigenvalue weighted by Crippen LogP contribution is -2.04. The molecule has 20 heavy (non-hydrogen) atoms. The first kappa shape index (κ1) is 10.9. The Balaban J connectivity index is 1.88. The van der Waals surface area contributed by atoms with E-state index in [2.05, 4.69) is 15.2 Å². The van der Waals surface area contributed by atoms with E-state index in [9.17, 15) is 0 Å². The Kier molecular flexibility index (Phi) is 2.35. The van der Waals surface area contributed by atoms with Gasteiger partial charge in [-0.05, 0) is 24.3 Å². The van der Waals surface area contributed by atoms with Crippen LogP contribution >= 0.6 is 0 Å². The van der Waals surface area contributed by atoms with Crippen LogP contribution in [0.15, 0.2) is 67.1 Å². The summed E-state index contributed by atoms with van der Waals surface area (Å²) < 4.78 is 3.57. The third-order valence-electron chi connectivity index (χ3n) is 3.15. The van der Waals surface area contributed by atoms with Crippen molar-refractivity contribution < 1.29 is 0 Å². The molecule has 0 aliphatic rings. The van der Waals surface area contributed by atoms with Crippen molar-refractivity contribution in [2.24, 2.45) is 0 Å². The summed E-state index contributed by atoms with van der Waals surface area (Å²) in [6, 6.07) is 15.8. The van der Waals surface area contributed by atoms with E-state index in [0.717, 1.165) is 22.5 Å². The maximum Gasteiger partial charge on any atom is 0.156 e. The number of fused-ring (bicyclic) bond motifs is 1. The van der Waals surface area contributed by atoms with Crippen LogP contribution in [0.2, 0.25) is 0 Å². The Morgan fingerprint density at radius 3 is 2.60 bits per heavy atom. The lowest BCUT2D eigenvalue weighted by atomic mass is 10.2. The molecule has 0 saturated carbocycles. The Hall–Kier alpha value is -2.95. The highest BCUT2D eigenvalue weighted by Crippen LogP contribution is 2.17. The van der Waals surface area contributed by atoms with Gasteiger partial charge in [0.15, 0.2) is 11.6 Å². The molecule has 0 amide bonds. The summed E-state index contributed by atoms with van der Waals surface area (Å²) in [7, 11) is 0. The molecule has 3 aromatic heterocycles. The predicted molar refractivity (Wildman–Crippen MR) is 76.0 cm³/mol. The molecule has 0 fully saturated rings. The normalized spacial score (nSPS) is 11.0. The van der Waals surface area contributed by atoms with Crippen LogP contribution in [0.25, 0.3) is 22.5 Å². The van der Waals surface area contributed by atoms with E-state index in [0.29, 0.717) is 0 Å². The smallest absolute Gasteiger partial charge is 0.156 e. The molecular weight excluding hydrogens is 250 g/mol. The van der Waals surface area contributed by atoms with Crippen molar-refractivity contribution in [1.29, 1.82) is 0 Å². The van der Waals surface area contributed by atoms with Crippen LogP contribution in [-0.4, -0.2) is 24.5 Å². The molecule has 1 aromatic carbocycles. The fourth-order valence-electron chi connectivity index (χ4n) is 2.22. The van der Waals surface area contributed by atoms with Gasteiger partial charge in [-0.3, -0.25) is 0 Å². The lowest BCUT2D eigenvalue weighted by Gasteiger charge is -2.05. The fraction of sp³-hybridized carbons (Fsp3) is 0. The van der Waals surface area contributed by atoms with Crippen molar-refractivity contribution >= 4 is 10.9 Å². The Morgan fingerprint density at radius 2 is 1.70 bits per heavy atom. The number of para-hydroxylation sites is 1. The molecule has 0 spiro atoms. The van der Waals surface area contributed by atoms with Crippen LogP contribution in [-0.2, 0) is 0 Å². The van der Waals surface area contributed by atoms with Crippen molar-refractivity contribution in [1.82, 2.24) is 24.5 Å². The molecule has 0 atom stereocenters. The van der Waals surface area contributed by atoms with E-state index in [1.54, 1.807) is 10.9 Å². The Morgan fingerprint density at radius 1 is 0.800 bits per heavy atom. The summed E-state index contributed by atoms with van der Waals surface area (Å²) >= 11 is 0. The van der Waals surface area contributed by atoms with Gasteiger partial charge in [-0.25, -0.2) is 14.3 Å². The molecular formula is C15H11N5. The van der Waals surface area contributed by atoms with Gasteiger partial charge in [-0.1, -0.05) is 24.3 Å². The topological polar surface area (TPSA) is 48.5 Å². The second-order valence-corrected chi connectivity index (χ2v) is 4.42. The molecule has 0 aliphatic carbocycles. The van der Waals surface area contributed by atoms with Crippen LogP contribution < -0.4 is 0 Å². The minimum absolute atomic E-state index is 0.770. The van der Waals surface area contributed by atoms with Crippen molar-refractivity contribution in [3.63, 3.8) is 0 Å². The molecule has 0 aliphatic heterocycles. The number of hydrogen-bond donors (Lipinski definition) is 0. The number of nitrogens with zero attached hydrogens (tertiary/aromatic N) is 5. The summed E-state index contributed by atoms with van der Waals surface area (Å²) in [6.07, 6.45) is 5.45. The molecule has 3 heterocycles. The first-order valence-corrected chi connectivity index (χ1v) is 6.32. The average Bonchev–Trinajstić information content (AvgIpc) is 3.17. The van der Waals surface area contributed by atoms with Gasteiger partial charge < -0.3 is 0 Å². The van der Waals surface area contributed by atoms with Crippen molar-refractivity contribution in [2.45, 2.75) is 0 Å². The summed E-state index contributed by atoms with van der Waals surface area (Å²) in [5.74, 6) is 1.55. The minimum atomic E-state index is 0.770. The zero-order chi connectivity index (χ0) is 13.4. The van der Waals surface area contributed by atoms with Gasteiger partial charge in [0, 0.05) is 17.8 Å². The van der Waals surface area contributed by atoms with Gasteiger partial charge in [-0.15, -0.1) is 0 Å². The Labute approximate surface area is 115 Å². The number of hydrogen-bond acceptors (Lipinski definition) is 3. The monoisotopic (exact) mass is 261 g/mol. The summed E-state index contributed by atoms with van der Waals surface area (Å²) in [4.78, 5) is 4.61. The summed E-state index contributed by atoms with van der Waals surface area (Å²) in [5, 5.41) is 9.70. The predicted octanol–water partition coefficient (Wildman–Crippen LogP) is 2.61. The summed E-state index contributed by atoms with van der Waals surface area (Å²) in [5.41, 5.74) is 1.04. The van der Waals surface area contributed by atoms with Crippen molar-refractivity contribution in [3.8, 4) is 11.6 Å². The third kappa shape index (κ3) is 1.68. The quantitative estimate of drug-likeness (QED) is 0.557. The van der Waals surface area contributed by atoms with Crippen LogP contribution in [0.3, 0.4) is 0 Å². The van der Waals surface area contributed by atoms with E-state index in [4.69, 9.17) is 0 Å². The highest BCUT2D eigenvalue weighted by Gasteiger charge is 2.06. The van der Waals surface area contributed by atoms with Gasteiger partial charge in [0.1, 0.15) is 0 Å². The van der Waals surface area contributed by atoms with E-state index in [-0.39, 0.29) is 0 Å². The highest BCUT2D eigenvalue weighted by atomic mass is 15.3. The van der Waals surface area contributed by atoms with E-state index < -0.39 is 0 Å². The van der Waals surface area contributed by atoms with Gasteiger partial charge in [0.25, 0.3) is 0 Å². The number of benzene rings is 1. The molecule has 4 aromatic rings. The van der Waals surface area contributed by atoms with E-state index in [1.807, 2.05) is 65.6 Å². The lowest BCUT2D eigenvalue weighted by molar-refractivity contribution is 0.815. The molecule has 96 valence electrons. The fourth-order valence-corrected chi connectivity index (χ4v) is 2.22. The maximum absolute atomic E-state index is 4.61. The standard InChI is InChI=1S/C15H11N5/c1-2-6-13-12(5-1)11-17-20(13)15-8-3-7-14(18-15)19-10-4-9-16-19/h1-11H. The zero-order valence-electron chi connectivity index (χ0n) is 10.6. The summed E-state index contributed by atoms with van der Waals surface area (Å²) in [6.45, 7) is 0. The third-order valence-corrected chi connectivity index (χ3v) is 3.15. The second-order valence-electron chi connectivity index (χ2n) is 4.42. The van der Waals surface area contributed by atoms with Gasteiger partial charge in [-0.2, -0.15) is 10.2 Å². The number of pyridine rings is 1. The largest absolute Gasteiger partial charge is 0.223 e. The van der Waals surface area contributed by atoms with Crippen LogP contribution in [0.1, 0.15) is 0 Å². The maximum atomic E-state index is 4.61. The molecule has 0 unspecified atom stereocenters. The highest BCUT2D eigenvalue weighted by molar-refractivity contribution is 5.79. The van der Waals surface area contributed by atoms with Gasteiger partial charge in [0.05, 0.1) is 11.7 Å². The molecule has 5 nitrogen and oxygen atoms in total. The molecule has 4 rings (SSSR count). The van der Waals surface area contributed by atoms with E-state index in [1.165, 1.54) is 0 Å². The average molecular weight is 261 g/mol. The molecule has 0 bridgehead atoms. The molecule has 5 heteroatoms. The van der Waals surface area contributed by atoms with Crippen molar-refractivity contribution in [3.05, 3.63) is 67.1 Å². The number of aromatic nitrogens is 5. The van der Waals surface area contributed by atoms with Crippen LogP contribution in [0, 0.1) is 0 Å². The molecule has 0 saturated heterocycles. The van der Waals surface area contributed by atoms with Gasteiger partial charge >= 0.3 is 0 Å². The van der Waals surface area contributed by atoms with Crippen molar-refractivity contribution in [2.75, 3.05) is 0 Å². The molecule has 0 N–H and O–H groups in total. The second kappa shape index (κ2) is 4.31. The molecule has 0 radical (unpaired) electrons. The van der Waals surface area contributed by atoms with Crippen LogP contribution in [0.4, 0.5) is 0 Å². The Bertz CT molecular complexity index is 861. The first-order chi connectivity index (χ1) is 9.92.